The van der Waals surface area contributed by atoms with Crippen LogP contribution in [0.1, 0.15) is 37.2 Å². The lowest BCUT2D eigenvalue weighted by Gasteiger charge is -2.31. The van der Waals surface area contributed by atoms with E-state index in [0.717, 1.165) is 18.9 Å². The molecular weight excluding hydrogens is 230 g/mol. The zero-order valence-corrected chi connectivity index (χ0v) is 10.9. The number of ether oxygens (including phenoxy) is 1. The van der Waals surface area contributed by atoms with Crippen molar-refractivity contribution in [3.8, 4) is 0 Å². The highest BCUT2D eigenvalue weighted by Gasteiger charge is 2.18. The first kappa shape index (κ1) is 12.8. The minimum Gasteiger partial charge on any atom is -0.461 e. The summed E-state index contributed by atoms with van der Waals surface area (Å²) in [5, 5.41) is 8.05. The van der Waals surface area contributed by atoms with Gasteiger partial charge in [-0.1, -0.05) is 6.92 Å². The van der Waals surface area contributed by atoms with Crippen LogP contribution in [0.25, 0.3) is 0 Å². The van der Waals surface area contributed by atoms with Gasteiger partial charge in [-0.05, 0) is 37.8 Å². The molecule has 0 spiro atoms. The van der Waals surface area contributed by atoms with Crippen molar-refractivity contribution in [1.82, 2.24) is 10.2 Å². The highest BCUT2D eigenvalue weighted by molar-refractivity contribution is 5.87. The first-order valence-corrected chi connectivity index (χ1v) is 6.46. The summed E-state index contributed by atoms with van der Waals surface area (Å²) in [5.41, 5.74) is 0.269. The van der Waals surface area contributed by atoms with Gasteiger partial charge < -0.3 is 9.64 Å². The van der Waals surface area contributed by atoms with Crippen LogP contribution in [-0.2, 0) is 4.74 Å². The molecule has 18 heavy (non-hydrogen) atoms. The molecule has 5 heteroatoms. The Kier molecular flexibility index (Phi) is 4.12. The Labute approximate surface area is 107 Å². The van der Waals surface area contributed by atoms with E-state index in [-0.39, 0.29) is 5.69 Å². The van der Waals surface area contributed by atoms with Crippen molar-refractivity contribution in [3.05, 3.63) is 17.8 Å². The van der Waals surface area contributed by atoms with Gasteiger partial charge >= 0.3 is 5.97 Å². The molecule has 1 aromatic rings. The molecule has 0 radical (unpaired) electrons. The summed E-state index contributed by atoms with van der Waals surface area (Å²) in [4.78, 5) is 13.7. The molecule has 0 aromatic carbocycles. The van der Waals surface area contributed by atoms with Crippen LogP contribution in [0.2, 0.25) is 0 Å². The van der Waals surface area contributed by atoms with E-state index in [9.17, 15) is 4.79 Å². The molecule has 0 aliphatic carbocycles. The maximum Gasteiger partial charge on any atom is 0.358 e. The minimum atomic E-state index is -0.413. The third-order valence-electron chi connectivity index (χ3n) is 3.12. The van der Waals surface area contributed by atoms with Crippen molar-refractivity contribution in [2.24, 2.45) is 5.92 Å². The predicted octanol–water partition coefficient (Wildman–Crippen LogP) is 1.89. The molecule has 0 saturated carbocycles. The largest absolute Gasteiger partial charge is 0.461 e. The molecule has 0 bridgehead atoms. The number of carbonyl (C=O) groups is 1. The van der Waals surface area contributed by atoms with E-state index < -0.39 is 5.97 Å². The van der Waals surface area contributed by atoms with E-state index in [4.69, 9.17) is 4.74 Å². The van der Waals surface area contributed by atoms with Gasteiger partial charge in [-0.15, -0.1) is 10.2 Å². The van der Waals surface area contributed by atoms with Crippen molar-refractivity contribution >= 4 is 11.8 Å². The zero-order valence-electron chi connectivity index (χ0n) is 10.9. The molecule has 0 amide bonds. The molecule has 0 unspecified atom stereocenters. The second-order valence-electron chi connectivity index (χ2n) is 4.69. The fourth-order valence-corrected chi connectivity index (χ4v) is 2.21. The lowest BCUT2D eigenvalue weighted by molar-refractivity contribution is 0.0518. The Bertz CT molecular complexity index is 405. The van der Waals surface area contributed by atoms with Gasteiger partial charge in [0.1, 0.15) is 0 Å². The second-order valence-corrected chi connectivity index (χ2v) is 4.69. The van der Waals surface area contributed by atoms with Crippen molar-refractivity contribution in [2.75, 3.05) is 24.6 Å². The average molecular weight is 249 g/mol. The van der Waals surface area contributed by atoms with Gasteiger partial charge in [-0.25, -0.2) is 4.79 Å². The molecule has 2 rings (SSSR count). The van der Waals surface area contributed by atoms with Crippen molar-refractivity contribution < 1.29 is 9.53 Å². The Morgan fingerprint density at radius 3 is 2.94 bits per heavy atom. The van der Waals surface area contributed by atoms with E-state index in [0.29, 0.717) is 12.5 Å². The zero-order chi connectivity index (χ0) is 13.0. The van der Waals surface area contributed by atoms with Gasteiger partial charge in [0.15, 0.2) is 11.5 Å². The molecule has 1 atom stereocenters. The lowest BCUT2D eigenvalue weighted by Crippen LogP contribution is -2.35. The van der Waals surface area contributed by atoms with E-state index >= 15 is 0 Å². The first-order valence-electron chi connectivity index (χ1n) is 6.46. The number of aromatic nitrogens is 2. The fourth-order valence-electron chi connectivity index (χ4n) is 2.21. The molecule has 1 fully saturated rings. The Morgan fingerprint density at radius 2 is 2.33 bits per heavy atom. The molecule has 5 nitrogen and oxygen atoms in total. The third kappa shape index (κ3) is 2.97. The number of rotatable bonds is 3. The van der Waals surface area contributed by atoms with Crippen molar-refractivity contribution in [2.45, 2.75) is 26.7 Å². The van der Waals surface area contributed by atoms with Crippen molar-refractivity contribution in [3.63, 3.8) is 0 Å². The molecule has 1 saturated heterocycles. The number of hydrogen-bond acceptors (Lipinski definition) is 5. The predicted molar refractivity (Wildman–Crippen MR) is 68.6 cm³/mol. The second kappa shape index (κ2) is 5.80. The lowest BCUT2D eigenvalue weighted by atomic mass is 10.0. The molecule has 0 N–H and O–H groups in total. The summed E-state index contributed by atoms with van der Waals surface area (Å²) in [6, 6.07) is 3.52. The summed E-state index contributed by atoms with van der Waals surface area (Å²) in [5.74, 6) is 1.11. The molecule has 1 aromatic heterocycles. The van der Waals surface area contributed by atoms with Gasteiger partial charge in [0, 0.05) is 13.1 Å². The Hall–Kier alpha value is -1.65. The maximum absolute atomic E-state index is 11.4. The van der Waals surface area contributed by atoms with Crippen LogP contribution in [0.3, 0.4) is 0 Å². The van der Waals surface area contributed by atoms with Crippen LogP contribution in [0.5, 0.6) is 0 Å². The van der Waals surface area contributed by atoms with Crippen LogP contribution in [0.15, 0.2) is 12.1 Å². The van der Waals surface area contributed by atoms with Gasteiger partial charge in [-0.2, -0.15) is 0 Å². The molecular formula is C13H19N3O2. The number of piperidine rings is 1. The first-order chi connectivity index (χ1) is 8.70. The summed E-state index contributed by atoms with van der Waals surface area (Å²) >= 11 is 0. The maximum atomic E-state index is 11.4. The van der Waals surface area contributed by atoms with Crippen LogP contribution in [0.4, 0.5) is 5.82 Å². The number of nitrogens with zero attached hydrogens (tertiary/aromatic N) is 3. The molecule has 98 valence electrons. The fraction of sp³-hybridized carbons (Fsp3) is 0.615. The van der Waals surface area contributed by atoms with Crippen LogP contribution >= 0.6 is 0 Å². The molecule has 2 heterocycles. The summed E-state index contributed by atoms with van der Waals surface area (Å²) in [6.45, 7) is 6.39. The topological polar surface area (TPSA) is 55.3 Å². The highest BCUT2D eigenvalue weighted by Crippen LogP contribution is 2.20. The normalized spacial score (nSPS) is 19.7. The highest BCUT2D eigenvalue weighted by atomic mass is 16.5. The summed E-state index contributed by atoms with van der Waals surface area (Å²) < 4.78 is 4.88. The number of hydrogen-bond donors (Lipinski definition) is 0. The van der Waals surface area contributed by atoms with Crippen LogP contribution < -0.4 is 4.90 Å². The van der Waals surface area contributed by atoms with E-state index in [2.05, 4.69) is 22.0 Å². The van der Waals surface area contributed by atoms with E-state index in [1.54, 1.807) is 13.0 Å². The van der Waals surface area contributed by atoms with Gasteiger partial charge in [0.2, 0.25) is 0 Å². The smallest absolute Gasteiger partial charge is 0.358 e. The molecule has 1 aliphatic rings. The SMILES string of the molecule is CCOC(=O)c1ccc(N2CCC[C@H](C)C2)nn1. The number of anilines is 1. The third-order valence-corrected chi connectivity index (χ3v) is 3.12. The van der Waals surface area contributed by atoms with Crippen molar-refractivity contribution in [1.29, 1.82) is 0 Å². The summed E-state index contributed by atoms with van der Waals surface area (Å²) in [7, 11) is 0. The minimum absolute atomic E-state index is 0.269. The average Bonchev–Trinajstić information content (AvgIpc) is 2.39. The quantitative estimate of drug-likeness (QED) is 0.766. The Morgan fingerprint density at radius 1 is 1.50 bits per heavy atom. The standard InChI is InChI=1S/C13H19N3O2/c1-3-18-13(17)11-6-7-12(15-14-11)16-8-4-5-10(2)9-16/h6-7,10H,3-5,8-9H2,1-2H3/t10-/m0/s1. The monoisotopic (exact) mass is 249 g/mol. The summed E-state index contributed by atoms with van der Waals surface area (Å²) in [6.07, 6.45) is 2.45. The van der Waals surface area contributed by atoms with E-state index in [1.165, 1.54) is 12.8 Å². The number of carbonyl (C=O) groups excluding carboxylic acids is 1. The number of esters is 1. The molecule has 1 aliphatic heterocycles. The van der Waals surface area contributed by atoms with Gasteiger partial charge in [0.25, 0.3) is 0 Å². The van der Waals surface area contributed by atoms with Crippen LogP contribution in [-0.4, -0.2) is 35.9 Å². The van der Waals surface area contributed by atoms with E-state index in [1.807, 2.05) is 6.07 Å². The van der Waals surface area contributed by atoms with Crippen LogP contribution in [0, 0.1) is 5.92 Å². The Balaban J connectivity index is 2.05. The van der Waals surface area contributed by atoms with Gasteiger partial charge in [-0.3, -0.25) is 0 Å². The van der Waals surface area contributed by atoms with Gasteiger partial charge in [0.05, 0.1) is 6.61 Å².